The molecule has 100 valence electrons. The van der Waals surface area contributed by atoms with E-state index in [-0.39, 0.29) is 0 Å². The Morgan fingerprint density at radius 3 is 2.95 bits per heavy atom. The monoisotopic (exact) mass is 276 g/mol. The molecule has 2 N–H and O–H groups in total. The van der Waals surface area contributed by atoms with Crippen molar-refractivity contribution in [2.24, 2.45) is 0 Å². The third kappa shape index (κ3) is 1.99. The number of anilines is 1. The highest BCUT2D eigenvalue weighted by atomic mass is 32.1. The summed E-state index contributed by atoms with van der Waals surface area (Å²) in [6.45, 7) is 5.63. The van der Waals surface area contributed by atoms with Gasteiger partial charge in [-0.1, -0.05) is 0 Å². The number of nitrogens with zero attached hydrogens (tertiary/aromatic N) is 5. The maximum atomic E-state index is 6.02. The van der Waals surface area contributed by atoms with E-state index < -0.39 is 0 Å². The van der Waals surface area contributed by atoms with Crippen molar-refractivity contribution >= 4 is 28.4 Å². The first-order chi connectivity index (χ1) is 9.20. The van der Waals surface area contributed by atoms with Gasteiger partial charge in [0.1, 0.15) is 5.52 Å². The van der Waals surface area contributed by atoms with Crippen LogP contribution in [0, 0.1) is 6.92 Å². The minimum atomic E-state index is 0.550. The molecule has 3 aromatic rings. The number of aromatic nitrogens is 5. The Hall–Kier alpha value is -1.89. The molecule has 0 unspecified atom stereocenters. The third-order valence-corrected chi connectivity index (χ3v) is 4.00. The molecule has 0 aliphatic carbocycles. The van der Waals surface area contributed by atoms with Crippen LogP contribution >= 0.6 is 11.3 Å². The first-order valence-corrected chi connectivity index (χ1v) is 7.16. The lowest BCUT2D eigenvalue weighted by Gasteiger charge is -2.06. The van der Waals surface area contributed by atoms with Crippen molar-refractivity contribution in [3.05, 3.63) is 22.3 Å². The molecular weight excluding hydrogens is 260 g/mol. The lowest BCUT2D eigenvalue weighted by atomic mass is 10.4. The van der Waals surface area contributed by atoms with Crippen LogP contribution in [0.15, 0.2) is 11.6 Å². The van der Waals surface area contributed by atoms with E-state index >= 15 is 0 Å². The summed E-state index contributed by atoms with van der Waals surface area (Å²) in [7, 11) is 0. The smallest absolute Gasteiger partial charge is 0.202 e. The molecule has 0 fully saturated rings. The van der Waals surface area contributed by atoms with Crippen LogP contribution in [0.3, 0.4) is 0 Å². The van der Waals surface area contributed by atoms with E-state index in [2.05, 4.69) is 22.0 Å². The summed E-state index contributed by atoms with van der Waals surface area (Å²) >= 11 is 1.66. The number of rotatable bonds is 4. The highest BCUT2D eigenvalue weighted by Gasteiger charge is 2.16. The van der Waals surface area contributed by atoms with Crippen molar-refractivity contribution in [2.75, 3.05) is 5.73 Å². The number of imidazole rings is 1. The Balaban J connectivity index is 1.99. The molecule has 0 spiro atoms. The number of thiazole rings is 1. The predicted octanol–water partition coefficient (Wildman–Crippen LogP) is 1.84. The molecule has 3 rings (SSSR count). The summed E-state index contributed by atoms with van der Waals surface area (Å²) in [4.78, 5) is 8.72. The molecule has 0 atom stereocenters. The number of nitrogen functional groups attached to an aromatic ring is 1. The Bertz CT molecular complexity index is 694. The normalized spacial score (nSPS) is 11.5. The van der Waals surface area contributed by atoms with Gasteiger partial charge < -0.3 is 5.73 Å². The number of aryl methyl sites for hydroxylation is 4. The quantitative estimate of drug-likeness (QED) is 0.789. The van der Waals surface area contributed by atoms with Crippen LogP contribution in [-0.4, -0.2) is 24.3 Å². The molecule has 0 aliphatic heterocycles. The fourth-order valence-electron chi connectivity index (χ4n) is 2.27. The van der Waals surface area contributed by atoms with Gasteiger partial charge in [0.2, 0.25) is 5.95 Å². The SMILES string of the molecule is CCn1nc(C)c2nc(N)n(CCc3nccs3)c21. The standard InChI is InChI=1S/C12H16N6S/c1-3-18-11-10(8(2)16-18)15-12(13)17(11)6-4-9-14-5-7-19-9/h5,7H,3-4,6H2,1-2H3,(H2,13,15). The van der Waals surface area contributed by atoms with Crippen molar-refractivity contribution in [1.82, 2.24) is 24.3 Å². The highest BCUT2D eigenvalue weighted by molar-refractivity contribution is 7.09. The Labute approximate surface area is 114 Å². The van der Waals surface area contributed by atoms with Gasteiger partial charge in [0.25, 0.3) is 0 Å². The molecule has 0 amide bonds. The predicted molar refractivity (Wildman–Crippen MR) is 76.2 cm³/mol. The highest BCUT2D eigenvalue weighted by Crippen LogP contribution is 2.21. The Kier molecular flexibility index (Phi) is 2.98. The molecule has 3 aromatic heterocycles. The van der Waals surface area contributed by atoms with Crippen molar-refractivity contribution in [3.63, 3.8) is 0 Å². The second-order valence-corrected chi connectivity index (χ2v) is 5.35. The van der Waals surface area contributed by atoms with Gasteiger partial charge in [-0.15, -0.1) is 11.3 Å². The third-order valence-electron chi connectivity index (χ3n) is 3.16. The summed E-state index contributed by atoms with van der Waals surface area (Å²) in [5.41, 5.74) is 8.86. The van der Waals surface area contributed by atoms with Crippen LogP contribution in [0.1, 0.15) is 17.6 Å². The molecule has 0 aromatic carbocycles. The fraction of sp³-hybridized carbons (Fsp3) is 0.417. The Morgan fingerprint density at radius 2 is 2.26 bits per heavy atom. The van der Waals surface area contributed by atoms with E-state index in [0.717, 1.165) is 41.4 Å². The summed E-state index contributed by atoms with van der Waals surface area (Å²) in [6, 6.07) is 0. The number of nitrogens with two attached hydrogens (primary N) is 1. The largest absolute Gasteiger partial charge is 0.369 e. The summed E-state index contributed by atoms with van der Waals surface area (Å²) in [6.07, 6.45) is 2.69. The summed E-state index contributed by atoms with van der Waals surface area (Å²) in [5, 5.41) is 7.58. The maximum Gasteiger partial charge on any atom is 0.202 e. The van der Waals surface area contributed by atoms with Crippen molar-refractivity contribution in [1.29, 1.82) is 0 Å². The van der Waals surface area contributed by atoms with Crippen LogP contribution in [0.4, 0.5) is 5.95 Å². The molecule has 6 nitrogen and oxygen atoms in total. The van der Waals surface area contributed by atoms with Gasteiger partial charge in [-0.25, -0.2) is 14.6 Å². The van der Waals surface area contributed by atoms with Crippen LogP contribution in [0.5, 0.6) is 0 Å². The molecule has 19 heavy (non-hydrogen) atoms. The van der Waals surface area contributed by atoms with Gasteiger partial charge in [0.15, 0.2) is 5.65 Å². The second-order valence-electron chi connectivity index (χ2n) is 4.37. The molecule has 0 bridgehead atoms. The van der Waals surface area contributed by atoms with E-state index in [4.69, 9.17) is 5.73 Å². The molecule has 3 heterocycles. The average Bonchev–Trinajstić information content (AvgIpc) is 3.06. The molecule has 0 aliphatic rings. The fourth-order valence-corrected chi connectivity index (χ4v) is 2.88. The van der Waals surface area contributed by atoms with Gasteiger partial charge in [-0.2, -0.15) is 5.10 Å². The first-order valence-electron chi connectivity index (χ1n) is 6.28. The topological polar surface area (TPSA) is 74.6 Å². The summed E-state index contributed by atoms with van der Waals surface area (Å²) in [5.74, 6) is 0.550. The zero-order chi connectivity index (χ0) is 13.4. The maximum absolute atomic E-state index is 6.02. The molecule has 0 radical (unpaired) electrons. The summed E-state index contributed by atoms with van der Waals surface area (Å²) < 4.78 is 3.98. The van der Waals surface area contributed by atoms with Crippen LogP contribution < -0.4 is 5.73 Å². The van der Waals surface area contributed by atoms with Gasteiger partial charge in [0.05, 0.1) is 10.7 Å². The number of fused-ring (bicyclic) bond motifs is 1. The second kappa shape index (κ2) is 4.65. The lowest BCUT2D eigenvalue weighted by Crippen LogP contribution is -2.09. The van der Waals surface area contributed by atoms with Gasteiger partial charge in [-0.05, 0) is 13.8 Å². The van der Waals surface area contributed by atoms with Crippen molar-refractivity contribution < 1.29 is 0 Å². The molecular formula is C12H16N6S. The van der Waals surface area contributed by atoms with Gasteiger partial charge in [0, 0.05) is 31.1 Å². The molecule has 7 heteroatoms. The van der Waals surface area contributed by atoms with Crippen molar-refractivity contribution in [2.45, 2.75) is 33.4 Å². The van der Waals surface area contributed by atoms with Gasteiger partial charge in [-0.3, -0.25) is 4.57 Å². The minimum absolute atomic E-state index is 0.550. The van der Waals surface area contributed by atoms with Crippen LogP contribution in [-0.2, 0) is 19.5 Å². The molecule has 0 saturated carbocycles. The van der Waals surface area contributed by atoms with E-state index in [1.165, 1.54) is 0 Å². The average molecular weight is 276 g/mol. The van der Waals surface area contributed by atoms with Crippen molar-refractivity contribution in [3.8, 4) is 0 Å². The lowest BCUT2D eigenvalue weighted by molar-refractivity contribution is 0.630. The zero-order valence-corrected chi connectivity index (χ0v) is 11.8. The van der Waals surface area contributed by atoms with E-state index in [9.17, 15) is 0 Å². The number of hydrogen-bond acceptors (Lipinski definition) is 5. The first kappa shape index (κ1) is 12.2. The van der Waals surface area contributed by atoms with Crippen LogP contribution in [0.25, 0.3) is 11.2 Å². The molecule has 0 saturated heterocycles. The minimum Gasteiger partial charge on any atom is -0.369 e. The van der Waals surface area contributed by atoms with Gasteiger partial charge >= 0.3 is 0 Å². The van der Waals surface area contributed by atoms with Crippen LogP contribution in [0.2, 0.25) is 0 Å². The Morgan fingerprint density at radius 1 is 1.42 bits per heavy atom. The van der Waals surface area contributed by atoms with E-state index in [1.807, 2.05) is 27.7 Å². The van der Waals surface area contributed by atoms with E-state index in [1.54, 1.807) is 11.3 Å². The number of hydrogen-bond donors (Lipinski definition) is 1. The zero-order valence-electron chi connectivity index (χ0n) is 11.0. The van der Waals surface area contributed by atoms with E-state index in [0.29, 0.717) is 5.95 Å².